The lowest BCUT2D eigenvalue weighted by atomic mass is 9.84. The molecular formula is C14H21NO. The van der Waals surface area contributed by atoms with E-state index in [1.54, 1.807) is 0 Å². The zero-order valence-electron chi connectivity index (χ0n) is 10.2. The summed E-state index contributed by atoms with van der Waals surface area (Å²) in [7, 11) is 0. The van der Waals surface area contributed by atoms with Crippen molar-refractivity contribution in [2.24, 2.45) is 0 Å². The first kappa shape index (κ1) is 11.6. The van der Waals surface area contributed by atoms with Gasteiger partial charge in [-0.1, -0.05) is 38.1 Å². The molecule has 1 saturated heterocycles. The molecule has 0 amide bonds. The maximum Gasteiger partial charge on any atom is 0.0522 e. The smallest absolute Gasteiger partial charge is 0.0522 e. The van der Waals surface area contributed by atoms with Crippen LogP contribution in [0.3, 0.4) is 0 Å². The minimum absolute atomic E-state index is 0.144. The van der Waals surface area contributed by atoms with Crippen LogP contribution in [-0.2, 0) is 5.41 Å². The highest BCUT2D eigenvalue weighted by atomic mass is 16.3. The highest BCUT2D eigenvalue weighted by Crippen LogP contribution is 2.28. The largest absolute Gasteiger partial charge is 0.395 e. The fourth-order valence-electron chi connectivity index (χ4n) is 2.24. The molecule has 1 aliphatic rings. The van der Waals surface area contributed by atoms with Crippen molar-refractivity contribution in [3.8, 4) is 0 Å². The standard InChI is InChI=1S/C14H21NO/c1-14(2,10-16)12-6-3-5-11(9-12)13-7-4-8-15-13/h3,5-6,9,13,15-16H,4,7-8,10H2,1-2H3. The summed E-state index contributed by atoms with van der Waals surface area (Å²) in [6.45, 7) is 5.47. The Bertz CT molecular complexity index is 354. The van der Waals surface area contributed by atoms with E-state index in [1.165, 1.54) is 24.0 Å². The molecule has 0 aromatic heterocycles. The van der Waals surface area contributed by atoms with Crippen LogP contribution in [0.1, 0.15) is 43.9 Å². The number of hydrogen-bond acceptors (Lipinski definition) is 2. The molecule has 1 heterocycles. The third-order valence-corrected chi connectivity index (χ3v) is 3.53. The van der Waals surface area contributed by atoms with E-state index in [4.69, 9.17) is 0 Å². The Balaban J connectivity index is 2.25. The van der Waals surface area contributed by atoms with Crippen LogP contribution < -0.4 is 5.32 Å². The summed E-state index contributed by atoms with van der Waals surface area (Å²) in [6.07, 6.45) is 2.49. The van der Waals surface area contributed by atoms with E-state index in [1.807, 2.05) is 0 Å². The molecule has 0 spiro atoms. The first-order valence-electron chi connectivity index (χ1n) is 6.08. The third-order valence-electron chi connectivity index (χ3n) is 3.53. The fourth-order valence-corrected chi connectivity index (χ4v) is 2.24. The molecule has 0 radical (unpaired) electrons. The van der Waals surface area contributed by atoms with Crippen LogP contribution >= 0.6 is 0 Å². The molecule has 1 fully saturated rings. The Morgan fingerprint density at radius 2 is 2.25 bits per heavy atom. The normalized spacial score (nSPS) is 21.3. The average Bonchev–Trinajstić information content (AvgIpc) is 2.83. The second kappa shape index (κ2) is 4.56. The maximum atomic E-state index is 9.39. The maximum absolute atomic E-state index is 9.39. The second-order valence-corrected chi connectivity index (χ2v) is 5.32. The molecule has 2 heteroatoms. The van der Waals surface area contributed by atoms with Crippen molar-refractivity contribution in [1.29, 1.82) is 0 Å². The summed E-state index contributed by atoms with van der Waals surface area (Å²) in [6, 6.07) is 9.13. The summed E-state index contributed by atoms with van der Waals surface area (Å²) < 4.78 is 0. The van der Waals surface area contributed by atoms with Gasteiger partial charge >= 0.3 is 0 Å². The summed E-state index contributed by atoms with van der Waals surface area (Å²) >= 11 is 0. The van der Waals surface area contributed by atoms with Crippen LogP contribution in [0.15, 0.2) is 24.3 Å². The van der Waals surface area contributed by atoms with Crippen molar-refractivity contribution in [2.45, 2.75) is 38.1 Å². The average molecular weight is 219 g/mol. The third kappa shape index (κ3) is 2.28. The minimum atomic E-state index is -0.144. The van der Waals surface area contributed by atoms with E-state index >= 15 is 0 Å². The number of aliphatic hydroxyl groups is 1. The lowest BCUT2D eigenvalue weighted by molar-refractivity contribution is 0.218. The van der Waals surface area contributed by atoms with Gasteiger partial charge in [-0.05, 0) is 30.5 Å². The summed E-state index contributed by atoms with van der Waals surface area (Å²) in [5, 5.41) is 12.9. The van der Waals surface area contributed by atoms with Gasteiger partial charge in [-0.3, -0.25) is 0 Å². The molecule has 1 aliphatic heterocycles. The van der Waals surface area contributed by atoms with Crippen LogP contribution in [0, 0.1) is 0 Å². The monoisotopic (exact) mass is 219 g/mol. The first-order chi connectivity index (χ1) is 7.63. The van der Waals surface area contributed by atoms with Crippen molar-refractivity contribution >= 4 is 0 Å². The Kier molecular flexibility index (Phi) is 3.31. The molecule has 0 bridgehead atoms. The van der Waals surface area contributed by atoms with Crippen molar-refractivity contribution in [2.75, 3.05) is 13.2 Å². The summed E-state index contributed by atoms with van der Waals surface area (Å²) in [4.78, 5) is 0. The Hall–Kier alpha value is -0.860. The van der Waals surface area contributed by atoms with Crippen molar-refractivity contribution in [3.05, 3.63) is 35.4 Å². The van der Waals surface area contributed by atoms with Crippen molar-refractivity contribution < 1.29 is 5.11 Å². The van der Waals surface area contributed by atoms with Gasteiger partial charge in [0.15, 0.2) is 0 Å². The molecule has 1 aromatic rings. The van der Waals surface area contributed by atoms with E-state index in [9.17, 15) is 5.11 Å². The number of aliphatic hydroxyl groups excluding tert-OH is 1. The molecular weight excluding hydrogens is 198 g/mol. The Morgan fingerprint density at radius 1 is 1.44 bits per heavy atom. The number of nitrogens with one attached hydrogen (secondary N) is 1. The Labute approximate surface area is 97.7 Å². The molecule has 1 unspecified atom stereocenters. The van der Waals surface area contributed by atoms with Crippen molar-refractivity contribution in [1.82, 2.24) is 5.32 Å². The predicted octanol–water partition coefficient (Wildman–Crippen LogP) is 2.38. The molecule has 1 aromatic carbocycles. The van der Waals surface area contributed by atoms with Crippen LogP contribution in [-0.4, -0.2) is 18.3 Å². The molecule has 2 N–H and O–H groups in total. The van der Waals surface area contributed by atoms with Crippen molar-refractivity contribution in [3.63, 3.8) is 0 Å². The summed E-state index contributed by atoms with van der Waals surface area (Å²) in [5.74, 6) is 0. The van der Waals surface area contributed by atoms with Gasteiger partial charge in [0.25, 0.3) is 0 Å². The van der Waals surface area contributed by atoms with E-state index in [0.717, 1.165) is 6.54 Å². The quantitative estimate of drug-likeness (QED) is 0.818. The van der Waals surface area contributed by atoms with Gasteiger partial charge < -0.3 is 10.4 Å². The molecule has 88 valence electrons. The molecule has 16 heavy (non-hydrogen) atoms. The van der Waals surface area contributed by atoms with Gasteiger partial charge in [0.2, 0.25) is 0 Å². The predicted molar refractivity (Wildman–Crippen MR) is 66.5 cm³/mol. The zero-order chi connectivity index (χ0) is 11.6. The zero-order valence-corrected chi connectivity index (χ0v) is 10.2. The number of hydrogen-bond donors (Lipinski definition) is 2. The number of rotatable bonds is 3. The number of benzene rings is 1. The van der Waals surface area contributed by atoms with Crippen LogP contribution in [0.5, 0.6) is 0 Å². The van der Waals surface area contributed by atoms with Gasteiger partial charge in [-0.2, -0.15) is 0 Å². The van der Waals surface area contributed by atoms with Gasteiger partial charge in [0.1, 0.15) is 0 Å². The molecule has 1 atom stereocenters. The summed E-state index contributed by atoms with van der Waals surface area (Å²) in [5.41, 5.74) is 2.44. The van der Waals surface area contributed by atoms with E-state index in [2.05, 4.69) is 43.4 Å². The SMILES string of the molecule is CC(C)(CO)c1cccc(C2CCCN2)c1. The van der Waals surface area contributed by atoms with Crippen LogP contribution in [0.25, 0.3) is 0 Å². The van der Waals surface area contributed by atoms with E-state index < -0.39 is 0 Å². The highest BCUT2D eigenvalue weighted by molar-refractivity contribution is 5.31. The van der Waals surface area contributed by atoms with E-state index in [0.29, 0.717) is 6.04 Å². The lowest BCUT2D eigenvalue weighted by Gasteiger charge is -2.23. The van der Waals surface area contributed by atoms with Gasteiger partial charge in [0.05, 0.1) is 6.61 Å². The topological polar surface area (TPSA) is 32.3 Å². The van der Waals surface area contributed by atoms with Gasteiger partial charge in [-0.15, -0.1) is 0 Å². The van der Waals surface area contributed by atoms with Crippen LogP contribution in [0.4, 0.5) is 0 Å². The highest BCUT2D eigenvalue weighted by Gasteiger charge is 2.22. The minimum Gasteiger partial charge on any atom is -0.395 e. The van der Waals surface area contributed by atoms with E-state index in [-0.39, 0.29) is 12.0 Å². The lowest BCUT2D eigenvalue weighted by Crippen LogP contribution is -2.22. The molecule has 0 saturated carbocycles. The van der Waals surface area contributed by atoms with Gasteiger partial charge in [-0.25, -0.2) is 0 Å². The molecule has 2 nitrogen and oxygen atoms in total. The van der Waals surface area contributed by atoms with Gasteiger partial charge in [0, 0.05) is 11.5 Å². The Morgan fingerprint density at radius 3 is 2.88 bits per heavy atom. The van der Waals surface area contributed by atoms with Crippen LogP contribution in [0.2, 0.25) is 0 Å². The molecule has 0 aliphatic carbocycles. The second-order valence-electron chi connectivity index (χ2n) is 5.32. The first-order valence-corrected chi connectivity index (χ1v) is 6.08. The molecule has 2 rings (SSSR count). The fraction of sp³-hybridized carbons (Fsp3) is 0.571.